The Hall–Kier alpha value is -3.61. The molecule has 2 aromatic carbocycles. The second-order valence-corrected chi connectivity index (χ2v) is 7.22. The number of ketones is 1. The fourth-order valence-electron chi connectivity index (χ4n) is 3.45. The molecule has 0 unspecified atom stereocenters. The van der Waals surface area contributed by atoms with Crippen LogP contribution in [0.25, 0.3) is 5.57 Å². The fraction of sp³-hybridized carbons (Fsp3) is 0.240. The molecule has 1 aliphatic heterocycles. The Balaban J connectivity index is 1.85. The standard InChI is InChI=1S/C25H25F2N3O2/c1-5-11-28-25(30-18-7-8-19(15(3)31)16(6-2)12-18)21-13-17(14-29-21)20-9-10-22(32-4)24(27)23(20)26/h5,7-12,14H,6,13H2,1-4H3,(H,28,30)/b11-5-. The first-order chi connectivity index (χ1) is 15.4. The second kappa shape index (κ2) is 10.1. The van der Waals surface area contributed by atoms with Gasteiger partial charge in [0.1, 0.15) is 0 Å². The van der Waals surface area contributed by atoms with E-state index in [0.29, 0.717) is 29.1 Å². The average Bonchev–Trinajstić information content (AvgIpc) is 3.27. The van der Waals surface area contributed by atoms with E-state index in [0.717, 1.165) is 11.3 Å². The minimum atomic E-state index is -1.03. The molecular weight excluding hydrogens is 412 g/mol. The molecule has 2 aromatic rings. The van der Waals surface area contributed by atoms with Crippen molar-refractivity contribution in [2.24, 2.45) is 9.98 Å². The highest BCUT2D eigenvalue weighted by atomic mass is 19.2. The van der Waals surface area contributed by atoms with Crippen LogP contribution in [0.5, 0.6) is 5.75 Å². The van der Waals surface area contributed by atoms with Gasteiger partial charge in [0.15, 0.2) is 23.2 Å². The van der Waals surface area contributed by atoms with Gasteiger partial charge in [-0.05, 0) is 61.7 Å². The SMILES string of the molecule is C/C=C\N=C(Nc1ccc(C(C)=O)c(CC)c1)C1=NC=C(c2ccc(OC)c(F)c2F)C1. The van der Waals surface area contributed by atoms with Crippen LogP contribution in [0.1, 0.15) is 48.7 Å². The average molecular weight is 437 g/mol. The summed E-state index contributed by atoms with van der Waals surface area (Å²) in [5.74, 6) is -1.65. The smallest absolute Gasteiger partial charge is 0.201 e. The first-order valence-corrected chi connectivity index (χ1v) is 10.3. The molecule has 3 rings (SSSR count). The number of halogens is 2. The molecule has 1 N–H and O–H groups in total. The molecule has 0 saturated carbocycles. The number of anilines is 1. The van der Waals surface area contributed by atoms with E-state index in [4.69, 9.17) is 4.74 Å². The number of ether oxygens (including phenoxy) is 1. The van der Waals surface area contributed by atoms with Crippen molar-refractivity contribution in [3.63, 3.8) is 0 Å². The minimum Gasteiger partial charge on any atom is -0.494 e. The van der Waals surface area contributed by atoms with E-state index in [-0.39, 0.29) is 23.5 Å². The maximum atomic E-state index is 14.5. The van der Waals surface area contributed by atoms with Crippen molar-refractivity contribution in [1.82, 2.24) is 0 Å². The number of amidine groups is 1. The lowest BCUT2D eigenvalue weighted by Gasteiger charge is -2.13. The molecule has 0 radical (unpaired) electrons. The summed E-state index contributed by atoms with van der Waals surface area (Å²) >= 11 is 0. The molecule has 5 nitrogen and oxygen atoms in total. The summed E-state index contributed by atoms with van der Waals surface area (Å²) in [5, 5.41) is 3.25. The number of rotatable bonds is 7. The van der Waals surface area contributed by atoms with Crippen LogP contribution in [0.15, 0.2) is 58.8 Å². The highest BCUT2D eigenvalue weighted by molar-refractivity contribution is 6.48. The van der Waals surface area contributed by atoms with Gasteiger partial charge in [-0.25, -0.2) is 9.38 Å². The van der Waals surface area contributed by atoms with E-state index in [1.54, 1.807) is 25.3 Å². The lowest BCUT2D eigenvalue weighted by molar-refractivity contribution is 0.101. The van der Waals surface area contributed by atoms with Gasteiger partial charge in [0.2, 0.25) is 5.82 Å². The lowest BCUT2D eigenvalue weighted by atomic mass is 10.0. The lowest BCUT2D eigenvalue weighted by Crippen LogP contribution is -2.22. The molecule has 0 aromatic heterocycles. The van der Waals surface area contributed by atoms with Crippen molar-refractivity contribution >= 4 is 28.6 Å². The van der Waals surface area contributed by atoms with Crippen LogP contribution in [0.2, 0.25) is 0 Å². The van der Waals surface area contributed by atoms with Gasteiger partial charge in [-0.15, -0.1) is 0 Å². The van der Waals surface area contributed by atoms with Crippen molar-refractivity contribution in [3.05, 3.63) is 77.1 Å². The molecule has 1 aliphatic rings. The number of methoxy groups -OCH3 is 1. The van der Waals surface area contributed by atoms with E-state index in [2.05, 4.69) is 15.3 Å². The summed E-state index contributed by atoms with van der Waals surface area (Å²) in [4.78, 5) is 20.7. The number of hydrogen-bond acceptors (Lipinski definition) is 4. The molecule has 32 heavy (non-hydrogen) atoms. The van der Waals surface area contributed by atoms with Crippen LogP contribution in [0.3, 0.4) is 0 Å². The molecule has 0 spiro atoms. The number of benzene rings is 2. The van der Waals surface area contributed by atoms with E-state index < -0.39 is 11.6 Å². The first-order valence-electron chi connectivity index (χ1n) is 10.3. The van der Waals surface area contributed by atoms with E-state index in [9.17, 15) is 13.6 Å². The molecule has 0 atom stereocenters. The van der Waals surface area contributed by atoms with Gasteiger partial charge in [-0.2, -0.15) is 4.39 Å². The molecular formula is C25H25F2N3O2. The quantitative estimate of drug-likeness (QED) is 0.330. The van der Waals surface area contributed by atoms with Gasteiger partial charge in [0.05, 0.1) is 12.8 Å². The maximum absolute atomic E-state index is 14.5. The van der Waals surface area contributed by atoms with Crippen LogP contribution in [0.4, 0.5) is 14.5 Å². The number of carbonyl (C=O) groups excluding carboxylic acids is 1. The summed E-state index contributed by atoms with van der Waals surface area (Å²) < 4.78 is 33.5. The number of hydrogen-bond donors (Lipinski definition) is 1. The number of carbonyl (C=O) groups is 1. The minimum absolute atomic E-state index is 0.0129. The van der Waals surface area contributed by atoms with Crippen LogP contribution in [0, 0.1) is 11.6 Å². The largest absolute Gasteiger partial charge is 0.494 e. The molecule has 0 fully saturated rings. The summed E-state index contributed by atoms with van der Waals surface area (Å²) in [7, 11) is 1.29. The molecule has 0 saturated heterocycles. The van der Waals surface area contributed by atoms with Gasteiger partial charge < -0.3 is 10.1 Å². The predicted molar refractivity (Wildman–Crippen MR) is 125 cm³/mol. The molecule has 0 amide bonds. The summed E-state index contributed by atoms with van der Waals surface area (Å²) in [6.45, 7) is 5.37. The number of Topliss-reactive ketones (excluding diaryl/α,β-unsaturated/α-hetero) is 1. The van der Waals surface area contributed by atoms with Crippen LogP contribution >= 0.6 is 0 Å². The monoisotopic (exact) mass is 437 g/mol. The number of aliphatic imine (C=N–C) groups is 2. The van der Waals surface area contributed by atoms with Crippen LogP contribution < -0.4 is 10.1 Å². The topological polar surface area (TPSA) is 63.0 Å². The van der Waals surface area contributed by atoms with Crippen molar-refractivity contribution in [2.75, 3.05) is 12.4 Å². The zero-order chi connectivity index (χ0) is 23.3. The molecule has 1 heterocycles. The zero-order valence-corrected chi connectivity index (χ0v) is 18.5. The Kier molecular flexibility index (Phi) is 7.30. The highest BCUT2D eigenvalue weighted by Gasteiger charge is 2.23. The van der Waals surface area contributed by atoms with Crippen LogP contribution in [-0.4, -0.2) is 24.4 Å². The zero-order valence-electron chi connectivity index (χ0n) is 18.5. The normalized spacial score (nSPS) is 13.9. The third kappa shape index (κ3) is 4.82. The second-order valence-electron chi connectivity index (χ2n) is 7.22. The Bertz CT molecular complexity index is 1160. The molecule has 166 valence electrons. The third-order valence-corrected chi connectivity index (χ3v) is 5.10. The summed E-state index contributed by atoms with van der Waals surface area (Å²) in [6.07, 6.45) is 5.91. The van der Waals surface area contributed by atoms with Gasteiger partial charge in [0, 0.05) is 35.6 Å². The number of nitrogens with zero attached hydrogens (tertiary/aromatic N) is 2. The van der Waals surface area contributed by atoms with Gasteiger partial charge in [0.25, 0.3) is 0 Å². The third-order valence-electron chi connectivity index (χ3n) is 5.10. The maximum Gasteiger partial charge on any atom is 0.201 e. The van der Waals surface area contributed by atoms with Crippen molar-refractivity contribution in [1.29, 1.82) is 0 Å². The van der Waals surface area contributed by atoms with Gasteiger partial charge in [-0.1, -0.05) is 13.0 Å². The molecule has 0 bridgehead atoms. The Labute approximate surface area is 186 Å². The van der Waals surface area contributed by atoms with Gasteiger partial charge >= 0.3 is 0 Å². The summed E-state index contributed by atoms with van der Waals surface area (Å²) in [6, 6.07) is 8.37. The fourth-order valence-corrected chi connectivity index (χ4v) is 3.45. The molecule has 0 aliphatic carbocycles. The van der Waals surface area contributed by atoms with E-state index >= 15 is 0 Å². The number of nitrogens with one attached hydrogen (secondary N) is 1. The van der Waals surface area contributed by atoms with Crippen LogP contribution in [-0.2, 0) is 6.42 Å². The van der Waals surface area contributed by atoms with Gasteiger partial charge in [-0.3, -0.25) is 9.79 Å². The Morgan fingerprint density at radius 3 is 2.69 bits per heavy atom. The molecule has 7 heteroatoms. The number of aryl methyl sites for hydroxylation is 1. The van der Waals surface area contributed by atoms with Crippen molar-refractivity contribution in [2.45, 2.75) is 33.6 Å². The van der Waals surface area contributed by atoms with Crippen molar-refractivity contribution in [3.8, 4) is 5.75 Å². The van der Waals surface area contributed by atoms with E-state index in [1.807, 2.05) is 26.0 Å². The summed E-state index contributed by atoms with van der Waals surface area (Å²) in [5.41, 5.74) is 3.62. The Morgan fingerprint density at radius 1 is 1.25 bits per heavy atom. The Morgan fingerprint density at radius 2 is 2.03 bits per heavy atom. The van der Waals surface area contributed by atoms with E-state index in [1.165, 1.54) is 25.4 Å². The van der Waals surface area contributed by atoms with Crippen molar-refractivity contribution < 1.29 is 18.3 Å². The number of allylic oxidation sites excluding steroid dienone is 2. The predicted octanol–water partition coefficient (Wildman–Crippen LogP) is 5.97. The first kappa shape index (κ1) is 23.1. The highest BCUT2D eigenvalue weighted by Crippen LogP contribution is 2.31.